The Balaban J connectivity index is 1.72. The number of hydrogen-bond acceptors (Lipinski definition) is 1. The molecule has 1 fully saturated rings. The van der Waals surface area contributed by atoms with Crippen molar-refractivity contribution in [3.8, 4) is 0 Å². The van der Waals surface area contributed by atoms with Gasteiger partial charge in [0.05, 0.1) is 0 Å². The molecule has 0 aromatic heterocycles. The van der Waals surface area contributed by atoms with Gasteiger partial charge in [-0.2, -0.15) is 0 Å². The maximum atomic E-state index is 11.4. The van der Waals surface area contributed by atoms with Gasteiger partial charge in [-0.1, -0.05) is 30.3 Å². The number of benzene rings is 1. The first-order valence-corrected chi connectivity index (χ1v) is 7.05. The molecule has 0 saturated carbocycles. The van der Waals surface area contributed by atoms with E-state index in [-0.39, 0.29) is 5.91 Å². The Bertz CT molecular complexity index is 374. The van der Waals surface area contributed by atoms with Gasteiger partial charge in [0.2, 0.25) is 5.91 Å². The largest absolute Gasteiger partial charge is 0.343 e. The number of aryl methyl sites for hydroxylation is 1. The Morgan fingerprint density at radius 1 is 1.33 bits per heavy atom. The number of hydrogen-bond donors (Lipinski definition) is 0. The van der Waals surface area contributed by atoms with Crippen molar-refractivity contribution in [1.82, 2.24) is 4.90 Å². The number of carbonyl (C=O) groups is 1. The van der Waals surface area contributed by atoms with Crippen LogP contribution in [0.15, 0.2) is 30.3 Å². The van der Waals surface area contributed by atoms with Crippen LogP contribution in [0.4, 0.5) is 0 Å². The van der Waals surface area contributed by atoms with Crippen LogP contribution in [-0.2, 0) is 11.2 Å². The quantitative estimate of drug-likeness (QED) is 0.797. The first kappa shape index (κ1) is 13.1. The zero-order valence-corrected chi connectivity index (χ0v) is 11.3. The van der Waals surface area contributed by atoms with Crippen molar-refractivity contribution in [3.63, 3.8) is 0 Å². The third-order valence-electron chi connectivity index (χ3n) is 3.88. The van der Waals surface area contributed by atoms with Crippen LogP contribution < -0.4 is 0 Å². The van der Waals surface area contributed by atoms with E-state index in [1.807, 2.05) is 4.90 Å². The van der Waals surface area contributed by atoms with Gasteiger partial charge in [0.1, 0.15) is 0 Å². The van der Waals surface area contributed by atoms with Gasteiger partial charge >= 0.3 is 0 Å². The summed E-state index contributed by atoms with van der Waals surface area (Å²) in [5, 5.41) is 0. The van der Waals surface area contributed by atoms with Crippen molar-refractivity contribution in [2.75, 3.05) is 13.1 Å². The minimum Gasteiger partial charge on any atom is -0.343 e. The molecule has 0 spiro atoms. The highest BCUT2D eigenvalue weighted by molar-refractivity contribution is 5.73. The highest BCUT2D eigenvalue weighted by Gasteiger charge is 2.20. The van der Waals surface area contributed by atoms with Crippen molar-refractivity contribution >= 4 is 5.91 Å². The minimum absolute atomic E-state index is 0.239. The van der Waals surface area contributed by atoms with Crippen LogP contribution in [0.25, 0.3) is 0 Å². The summed E-state index contributed by atoms with van der Waals surface area (Å²) in [6.45, 7) is 3.63. The second-order valence-corrected chi connectivity index (χ2v) is 5.35. The van der Waals surface area contributed by atoms with Crippen LogP contribution >= 0.6 is 0 Å². The lowest BCUT2D eigenvalue weighted by molar-refractivity contribution is -0.130. The lowest BCUT2D eigenvalue weighted by Gasteiger charge is -2.32. The predicted octanol–water partition coefficient (Wildman–Crippen LogP) is 3.27. The van der Waals surface area contributed by atoms with Gasteiger partial charge in [0.25, 0.3) is 0 Å². The van der Waals surface area contributed by atoms with Crippen LogP contribution in [-0.4, -0.2) is 23.9 Å². The summed E-state index contributed by atoms with van der Waals surface area (Å²) < 4.78 is 0. The van der Waals surface area contributed by atoms with Gasteiger partial charge in [-0.25, -0.2) is 0 Å². The minimum atomic E-state index is 0.239. The molecule has 1 aliphatic rings. The number of likely N-dealkylation sites (tertiary alicyclic amines) is 1. The normalized spacial score (nSPS) is 19.8. The van der Waals surface area contributed by atoms with Crippen molar-refractivity contribution in [2.45, 2.75) is 39.0 Å². The number of amides is 1. The summed E-state index contributed by atoms with van der Waals surface area (Å²) in [5.74, 6) is 0.953. The molecule has 0 N–H and O–H groups in total. The zero-order chi connectivity index (χ0) is 12.8. The molecular formula is C16H23NO. The van der Waals surface area contributed by atoms with E-state index < -0.39 is 0 Å². The van der Waals surface area contributed by atoms with Crippen LogP contribution in [0.3, 0.4) is 0 Å². The van der Waals surface area contributed by atoms with E-state index in [9.17, 15) is 4.79 Å². The SMILES string of the molecule is CC(=O)N1CCCC(CCCc2ccccc2)C1. The average Bonchev–Trinajstić information content (AvgIpc) is 2.40. The van der Waals surface area contributed by atoms with E-state index >= 15 is 0 Å². The molecule has 1 atom stereocenters. The molecule has 2 heteroatoms. The van der Waals surface area contributed by atoms with E-state index in [2.05, 4.69) is 30.3 Å². The Labute approximate surface area is 110 Å². The predicted molar refractivity (Wildman–Crippen MR) is 74.4 cm³/mol. The van der Waals surface area contributed by atoms with Crippen molar-refractivity contribution in [1.29, 1.82) is 0 Å². The fraction of sp³-hybridized carbons (Fsp3) is 0.562. The molecular weight excluding hydrogens is 222 g/mol. The van der Waals surface area contributed by atoms with Crippen LogP contribution in [0, 0.1) is 5.92 Å². The van der Waals surface area contributed by atoms with Crippen molar-refractivity contribution in [3.05, 3.63) is 35.9 Å². The Hall–Kier alpha value is -1.31. The third-order valence-corrected chi connectivity index (χ3v) is 3.88. The first-order valence-electron chi connectivity index (χ1n) is 7.05. The highest BCUT2D eigenvalue weighted by Crippen LogP contribution is 2.22. The van der Waals surface area contributed by atoms with Crippen LogP contribution in [0.1, 0.15) is 38.2 Å². The molecule has 98 valence electrons. The Morgan fingerprint density at radius 2 is 2.11 bits per heavy atom. The summed E-state index contributed by atoms with van der Waals surface area (Å²) in [6, 6.07) is 10.7. The molecule has 1 unspecified atom stereocenters. The van der Waals surface area contributed by atoms with Crippen molar-refractivity contribution < 1.29 is 4.79 Å². The topological polar surface area (TPSA) is 20.3 Å². The maximum absolute atomic E-state index is 11.4. The van der Waals surface area contributed by atoms with Crippen LogP contribution in [0.2, 0.25) is 0 Å². The van der Waals surface area contributed by atoms with E-state index in [0.29, 0.717) is 5.92 Å². The monoisotopic (exact) mass is 245 g/mol. The van der Waals surface area contributed by atoms with Gasteiger partial charge in [-0.15, -0.1) is 0 Å². The summed E-state index contributed by atoms with van der Waals surface area (Å²) in [4.78, 5) is 13.4. The number of carbonyl (C=O) groups excluding carboxylic acids is 1. The van der Waals surface area contributed by atoms with Gasteiger partial charge in [-0.05, 0) is 43.6 Å². The first-order chi connectivity index (χ1) is 8.75. The van der Waals surface area contributed by atoms with Crippen LogP contribution in [0.5, 0.6) is 0 Å². The van der Waals surface area contributed by atoms with Crippen molar-refractivity contribution in [2.24, 2.45) is 5.92 Å². The molecule has 0 aliphatic carbocycles. The molecule has 2 rings (SSSR count). The Morgan fingerprint density at radius 3 is 2.83 bits per heavy atom. The lowest BCUT2D eigenvalue weighted by atomic mass is 9.92. The lowest BCUT2D eigenvalue weighted by Crippen LogP contribution is -2.38. The van der Waals surface area contributed by atoms with E-state index in [1.54, 1.807) is 6.92 Å². The maximum Gasteiger partial charge on any atom is 0.219 e. The molecule has 0 bridgehead atoms. The number of rotatable bonds is 4. The second-order valence-electron chi connectivity index (χ2n) is 5.35. The molecule has 1 saturated heterocycles. The number of piperidine rings is 1. The fourth-order valence-electron chi connectivity index (χ4n) is 2.83. The number of nitrogens with zero attached hydrogens (tertiary/aromatic N) is 1. The summed E-state index contributed by atoms with van der Waals surface area (Å²) in [7, 11) is 0. The van der Waals surface area contributed by atoms with Gasteiger partial charge in [0, 0.05) is 20.0 Å². The molecule has 1 aromatic carbocycles. The van der Waals surface area contributed by atoms with Gasteiger partial charge in [0.15, 0.2) is 0 Å². The molecule has 0 radical (unpaired) electrons. The molecule has 1 amide bonds. The molecule has 2 nitrogen and oxygen atoms in total. The molecule has 1 aliphatic heterocycles. The molecule has 18 heavy (non-hydrogen) atoms. The third kappa shape index (κ3) is 3.86. The summed E-state index contributed by atoms with van der Waals surface area (Å²) >= 11 is 0. The summed E-state index contributed by atoms with van der Waals surface area (Å²) in [6.07, 6.45) is 6.12. The fourth-order valence-corrected chi connectivity index (χ4v) is 2.83. The standard InChI is InChI=1S/C16H23NO/c1-14(18)17-12-6-11-16(13-17)10-5-9-15-7-3-2-4-8-15/h2-4,7-8,16H,5-6,9-13H2,1H3. The second kappa shape index (κ2) is 6.58. The molecule has 1 aromatic rings. The van der Waals surface area contributed by atoms with E-state index in [1.165, 1.54) is 31.2 Å². The zero-order valence-electron chi connectivity index (χ0n) is 11.3. The average molecular weight is 245 g/mol. The van der Waals surface area contributed by atoms with E-state index in [0.717, 1.165) is 19.5 Å². The smallest absolute Gasteiger partial charge is 0.219 e. The molecule has 1 heterocycles. The van der Waals surface area contributed by atoms with Gasteiger partial charge < -0.3 is 4.90 Å². The summed E-state index contributed by atoms with van der Waals surface area (Å²) in [5.41, 5.74) is 1.43. The van der Waals surface area contributed by atoms with E-state index in [4.69, 9.17) is 0 Å². The Kier molecular flexibility index (Phi) is 4.80. The highest BCUT2D eigenvalue weighted by atomic mass is 16.2. The van der Waals surface area contributed by atoms with Gasteiger partial charge in [-0.3, -0.25) is 4.79 Å².